The van der Waals surface area contributed by atoms with E-state index in [2.05, 4.69) is 49.3 Å². The summed E-state index contributed by atoms with van der Waals surface area (Å²) >= 11 is 13.8. The number of hydrogen-bond donors (Lipinski definition) is 3. The zero-order chi connectivity index (χ0) is 27.4. The normalized spacial score (nSPS) is 19.2. The van der Waals surface area contributed by atoms with Crippen LogP contribution < -0.4 is 11.1 Å². The van der Waals surface area contributed by atoms with E-state index in [1.54, 1.807) is 6.92 Å². The number of pyridine rings is 1. The number of halogens is 3. The van der Waals surface area contributed by atoms with E-state index < -0.39 is 12.1 Å². The van der Waals surface area contributed by atoms with Gasteiger partial charge in [0.1, 0.15) is 0 Å². The fourth-order valence-electron chi connectivity index (χ4n) is 6.07. The van der Waals surface area contributed by atoms with Crippen molar-refractivity contribution in [2.24, 2.45) is 17.6 Å². The van der Waals surface area contributed by atoms with Gasteiger partial charge in [-0.1, -0.05) is 27.5 Å². The summed E-state index contributed by atoms with van der Waals surface area (Å²) in [6, 6.07) is 5.67. The van der Waals surface area contributed by atoms with Crippen LogP contribution in [0.15, 0.2) is 33.3 Å². The molecule has 10 heteroatoms. The van der Waals surface area contributed by atoms with Gasteiger partial charge < -0.3 is 21.1 Å². The molecule has 1 aliphatic heterocycles. The first-order chi connectivity index (χ1) is 18.1. The Balaban J connectivity index is 1.49. The van der Waals surface area contributed by atoms with Crippen molar-refractivity contribution < 1.29 is 14.7 Å². The number of primary amides is 1. The van der Waals surface area contributed by atoms with Crippen molar-refractivity contribution in [2.75, 3.05) is 19.6 Å². The minimum absolute atomic E-state index is 0.0176. The average Bonchev–Trinajstić information content (AvgIpc) is 3.00. The largest absolute Gasteiger partial charge is 0.393 e. The summed E-state index contributed by atoms with van der Waals surface area (Å²) in [5.74, 6) is 0.553. The van der Waals surface area contributed by atoms with E-state index >= 15 is 0 Å². The highest BCUT2D eigenvalue weighted by molar-refractivity contribution is 9.10. The molecule has 2 aliphatic rings. The number of nitrogens with zero attached hydrogens (tertiary/aromatic N) is 2. The number of aliphatic hydroxyl groups excluding tert-OH is 1. The number of benzene rings is 1. The van der Waals surface area contributed by atoms with Crippen LogP contribution in [0, 0.1) is 11.8 Å². The maximum atomic E-state index is 13.2. The molecular weight excluding hydrogens is 636 g/mol. The fraction of sp³-hybridized carbons (Fsp3) is 0.536. The summed E-state index contributed by atoms with van der Waals surface area (Å²) in [5, 5.41) is 13.2. The minimum Gasteiger partial charge on any atom is -0.393 e. The molecule has 2 aromatic rings. The second-order valence-electron chi connectivity index (χ2n) is 10.6. The van der Waals surface area contributed by atoms with Crippen molar-refractivity contribution in [1.82, 2.24) is 15.2 Å². The molecule has 1 aromatic heterocycles. The number of hydrogen-bond acceptors (Lipinski definition) is 4. The van der Waals surface area contributed by atoms with Gasteiger partial charge in [0, 0.05) is 52.1 Å². The highest BCUT2D eigenvalue weighted by Crippen LogP contribution is 2.46. The third kappa shape index (κ3) is 7.29. The van der Waals surface area contributed by atoms with Gasteiger partial charge in [0.2, 0.25) is 5.91 Å². The van der Waals surface area contributed by atoms with Gasteiger partial charge in [0.15, 0.2) is 0 Å². The maximum Gasteiger partial charge on any atom is 0.312 e. The molecular formula is C28H35Br2ClN4O3. The zero-order valence-electron chi connectivity index (χ0n) is 21.6. The molecule has 1 aliphatic carbocycles. The smallest absolute Gasteiger partial charge is 0.312 e. The van der Waals surface area contributed by atoms with E-state index in [4.69, 9.17) is 22.3 Å². The van der Waals surface area contributed by atoms with E-state index in [1.165, 1.54) is 16.7 Å². The zero-order valence-corrected chi connectivity index (χ0v) is 25.5. The predicted molar refractivity (Wildman–Crippen MR) is 156 cm³/mol. The van der Waals surface area contributed by atoms with Gasteiger partial charge in [0.25, 0.3) is 0 Å². The van der Waals surface area contributed by atoms with E-state index in [1.807, 2.05) is 17.2 Å². The first-order valence-electron chi connectivity index (χ1n) is 13.2. The molecule has 0 radical (unpaired) electrons. The molecule has 0 bridgehead atoms. The quantitative estimate of drug-likeness (QED) is 0.342. The third-order valence-corrected chi connectivity index (χ3v) is 9.08. The number of aryl methyl sites for hydroxylation is 2. The Morgan fingerprint density at radius 3 is 2.61 bits per heavy atom. The summed E-state index contributed by atoms with van der Waals surface area (Å²) in [4.78, 5) is 31.1. The number of carbonyl (C=O) groups excluding carboxylic acids is 2. The Bertz CT molecular complexity index is 1170. The van der Waals surface area contributed by atoms with E-state index in [0.29, 0.717) is 44.8 Å². The molecule has 2 unspecified atom stereocenters. The monoisotopic (exact) mass is 668 g/mol. The molecule has 1 aromatic carbocycles. The van der Waals surface area contributed by atoms with Crippen LogP contribution in [0.3, 0.4) is 0 Å². The molecule has 3 amide bonds. The van der Waals surface area contributed by atoms with Crippen LogP contribution in [0.25, 0.3) is 0 Å². The van der Waals surface area contributed by atoms with Crippen LogP contribution in [0.4, 0.5) is 4.79 Å². The second-order valence-corrected chi connectivity index (χ2v) is 12.8. The molecule has 1 saturated heterocycles. The van der Waals surface area contributed by atoms with Crippen LogP contribution in [-0.4, -0.2) is 52.7 Å². The third-order valence-electron chi connectivity index (χ3n) is 7.77. The van der Waals surface area contributed by atoms with E-state index in [9.17, 15) is 14.7 Å². The van der Waals surface area contributed by atoms with Gasteiger partial charge in [-0.15, -0.1) is 0 Å². The Hall–Kier alpha value is -1.68. The van der Waals surface area contributed by atoms with Crippen LogP contribution in [0.5, 0.6) is 0 Å². The SMILES string of the molecule is CC(O)CC(CCNC(N)=O)CC(=O)N1CCC([C@H]2c3ncc(Br)cc3CCc3cc(Cl)cc(Br)c32)CC1. The van der Waals surface area contributed by atoms with Crippen LogP contribution in [-0.2, 0) is 17.6 Å². The predicted octanol–water partition coefficient (Wildman–Crippen LogP) is 5.56. The number of fused-ring (bicyclic) bond motifs is 2. The maximum absolute atomic E-state index is 13.2. The van der Waals surface area contributed by atoms with Gasteiger partial charge in [-0.25, -0.2) is 4.79 Å². The van der Waals surface area contributed by atoms with Crippen molar-refractivity contribution in [2.45, 2.75) is 63.9 Å². The summed E-state index contributed by atoms with van der Waals surface area (Å²) in [6.45, 7) is 3.50. The molecule has 0 spiro atoms. The number of aliphatic hydroxyl groups is 1. The number of amides is 3. The molecule has 3 atom stereocenters. The Morgan fingerprint density at radius 1 is 1.21 bits per heavy atom. The van der Waals surface area contributed by atoms with Crippen molar-refractivity contribution >= 4 is 55.4 Å². The summed E-state index contributed by atoms with van der Waals surface area (Å²) in [6.07, 6.45) is 6.41. The average molecular weight is 671 g/mol. The van der Waals surface area contributed by atoms with Crippen molar-refractivity contribution in [3.8, 4) is 0 Å². The van der Waals surface area contributed by atoms with Gasteiger partial charge in [-0.3, -0.25) is 9.78 Å². The molecule has 1 fully saturated rings. The highest BCUT2D eigenvalue weighted by Gasteiger charge is 2.36. The van der Waals surface area contributed by atoms with Crippen LogP contribution in [0.1, 0.15) is 67.3 Å². The summed E-state index contributed by atoms with van der Waals surface area (Å²) < 4.78 is 2.00. The molecule has 2 heterocycles. The number of carbonyl (C=O) groups is 2. The number of nitrogens with one attached hydrogen (secondary N) is 1. The van der Waals surface area contributed by atoms with Crippen molar-refractivity contribution in [3.05, 3.63) is 60.7 Å². The van der Waals surface area contributed by atoms with Gasteiger partial charge in [-0.2, -0.15) is 0 Å². The van der Waals surface area contributed by atoms with Crippen LogP contribution in [0.2, 0.25) is 5.02 Å². The van der Waals surface area contributed by atoms with Gasteiger partial charge in [-0.05, 0) is 108 Å². The van der Waals surface area contributed by atoms with Gasteiger partial charge >= 0.3 is 6.03 Å². The highest BCUT2D eigenvalue weighted by atomic mass is 79.9. The second kappa shape index (κ2) is 13.1. The lowest BCUT2D eigenvalue weighted by molar-refractivity contribution is -0.133. The lowest BCUT2D eigenvalue weighted by atomic mass is 9.76. The Kier molecular flexibility index (Phi) is 10.1. The topological polar surface area (TPSA) is 109 Å². The molecule has 4 rings (SSSR count). The minimum atomic E-state index is -0.577. The summed E-state index contributed by atoms with van der Waals surface area (Å²) in [5.41, 5.74) is 10.1. The standard InChI is InChI=1S/C28H35Br2ClN4O3/c1-16(36)10-17(4-7-33-28(32)38)11-24(37)35-8-5-18(6-9-35)26-25-19(13-22(31)14-23(25)30)2-3-20-12-21(29)15-34-27(20)26/h12-18,26,36H,2-11H2,1H3,(H3,32,33,38)/t16?,17?,26-/m1/s1. The number of urea groups is 1. The first kappa shape index (κ1) is 29.3. The fourth-order valence-corrected chi connectivity index (χ4v) is 7.57. The van der Waals surface area contributed by atoms with Crippen molar-refractivity contribution in [3.63, 3.8) is 0 Å². The molecule has 4 N–H and O–H groups in total. The number of piperidine rings is 1. The molecule has 38 heavy (non-hydrogen) atoms. The molecule has 206 valence electrons. The number of likely N-dealkylation sites (tertiary alicyclic amines) is 1. The van der Waals surface area contributed by atoms with Crippen molar-refractivity contribution in [1.29, 1.82) is 0 Å². The number of rotatable bonds is 8. The van der Waals surface area contributed by atoms with E-state index in [-0.39, 0.29) is 17.7 Å². The van der Waals surface area contributed by atoms with Crippen LogP contribution >= 0.6 is 43.5 Å². The van der Waals surface area contributed by atoms with Gasteiger partial charge in [0.05, 0.1) is 11.8 Å². The number of nitrogens with two attached hydrogens (primary N) is 1. The first-order valence-corrected chi connectivity index (χ1v) is 15.2. The lowest BCUT2D eigenvalue weighted by Gasteiger charge is -2.37. The number of aromatic nitrogens is 1. The summed E-state index contributed by atoms with van der Waals surface area (Å²) in [7, 11) is 0. The molecule has 7 nitrogen and oxygen atoms in total. The Labute approximate surface area is 246 Å². The van der Waals surface area contributed by atoms with E-state index in [0.717, 1.165) is 45.3 Å². The lowest BCUT2D eigenvalue weighted by Crippen LogP contribution is -2.41. The molecule has 0 saturated carbocycles. The Morgan fingerprint density at radius 2 is 1.92 bits per heavy atom.